The van der Waals surface area contributed by atoms with Gasteiger partial charge in [-0.3, -0.25) is 4.98 Å². The minimum absolute atomic E-state index is 0.849. The smallest absolute Gasteiger partial charge is 0.142 e. The minimum Gasteiger partial charge on any atom is -0.455 e. The van der Waals surface area contributed by atoms with Crippen molar-refractivity contribution < 1.29 is 4.42 Å². The van der Waals surface area contributed by atoms with Crippen molar-refractivity contribution in [1.82, 2.24) is 9.97 Å². The van der Waals surface area contributed by atoms with Gasteiger partial charge in [-0.2, -0.15) is 0 Å². The molecule has 0 spiro atoms. The first-order chi connectivity index (χ1) is 21.3. The zero-order valence-corrected chi connectivity index (χ0v) is 23.4. The Morgan fingerprint density at radius 1 is 0.535 bits per heavy atom. The fourth-order valence-corrected chi connectivity index (χ4v) is 6.86. The molecule has 0 N–H and O–H groups in total. The van der Waals surface area contributed by atoms with Crippen molar-refractivity contribution in [2.45, 2.75) is 12.8 Å². The molecule has 0 radical (unpaired) electrons. The third-order valence-electron chi connectivity index (χ3n) is 8.81. The number of hydrogen-bond acceptors (Lipinski definition) is 3. The van der Waals surface area contributed by atoms with Crippen molar-refractivity contribution in [2.24, 2.45) is 0 Å². The Bertz CT molecular complexity index is 2360. The summed E-state index contributed by atoms with van der Waals surface area (Å²) in [5.74, 6) is 0.987. The topological polar surface area (TPSA) is 38.9 Å². The molecule has 6 aromatic carbocycles. The summed E-state index contributed by atoms with van der Waals surface area (Å²) in [6.45, 7) is 0. The average Bonchev–Trinajstić information content (AvgIpc) is 3.48. The summed E-state index contributed by atoms with van der Waals surface area (Å²) in [5, 5.41) is 5.82. The fraction of sp³-hybridized carbons (Fsp3) is 0.0500. The summed E-state index contributed by atoms with van der Waals surface area (Å²) in [7, 11) is 0. The van der Waals surface area contributed by atoms with Crippen molar-refractivity contribution in [3.05, 3.63) is 150 Å². The predicted molar refractivity (Wildman–Crippen MR) is 177 cm³/mol. The number of nitrogens with zero attached hydrogens (tertiary/aromatic N) is 2. The highest BCUT2D eigenvalue weighted by Gasteiger charge is 2.24. The maximum Gasteiger partial charge on any atom is 0.142 e. The highest BCUT2D eigenvalue weighted by molar-refractivity contribution is 6.23. The molecule has 1 aliphatic rings. The van der Waals surface area contributed by atoms with Crippen LogP contribution in [0.5, 0.6) is 0 Å². The van der Waals surface area contributed by atoms with E-state index < -0.39 is 0 Å². The standard InChI is InChI=1S/C40H26N2O/c1-2-12-25(13-3-1)26-20-10-22-34-35-23-11-21-33(40(35)43-39(26)34)29-16-4-7-17-30(29)36-24-41-37-31-18-8-5-14-27(31)28-15-6-9-19-32(28)38(37)42-36/h1-9,11-21,23-24H,10,22H2. The number of aromatic nitrogens is 2. The molecule has 8 aromatic rings. The molecular formula is C40H26N2O. The van der Waals surface area contributed by atoms with E-state index in [1.807, 2.05) is 6.20 Å². The summed E-state index contributed by atoms with van der Waals surface area (Å²) in [6.07, 6.45) is 6.21. The molecule has 0 fully saturated rings. The van der Waals surface area contributed by atoms with Gasteiger partial charge in [0.1, 0.15) is 11.3 Å². The maximum atomic E-state index is 6.81. The van der Waals surface area contributed by atoms with E-state index in [-0.39, 0.29) is 0 Å². The van der Waals surface area contributed by atoms with Crippen LogP contribution in [0.3, 0.4) is 0 Å². The van der Waals surface area contributed by atoms with Gasteiger partial charge in [-0.1, -0.05) is 127 Å². The van der Waals surface area contributed by atoms with E-state index in [2.05, 4.69) is 127 Å². The number of para-hydroxylation sites is 1. The third kappa shape index (κ3) is 3.68. The Kier molecular flexibility index (Phi) is 5.32. The second-order valence-corrected chi connectivity index (χ2v) is 11.2. The van der Waals surface area contributed by atoms with Gasteiger partial charge in [0.15, 0.2) is 0 Å². The fourth-order valence-electron chi connectivity index (χ4n) is 6.86. The van der Waals surface area contributed by atoms with E-state index in [9.17, 15) is 0 Å². The van der Waals surface area contributed by atoms with Crippen LogP contribution in [0.15, 0.2) is 138 Å². The first-order valence-electron chi connectivity index (χ1n) is 14.8. The van der Waals surface area contributed by atoms with Crippen LogP contribution in [0.4, 0.5) is 0 Å². The molecule has 9 rings (SSSR count). The number of allylic oxidation sites excluding steroid dienone is 1. The summed E-state index contributed by atoms with van der Waals surface area (Å²) in [6, 6.07) is 42.5. The monoisotopic (exact) mass is 550 g/mol. The zero-order chi connectivity index (χ0) is 28.3. The van der Waals surface area contributed by atoms with Crippen molar-refractivity contribution in [1.29, 1.82) is 0 Å². The number of furan rings is 1. The van der Waals surface area contributed by atoms with E-state index >= 15 is 0 Å². The van der Waals surface area contributed by atoms with Crippen LogP contribution < -0.4 is 0 Å². The first kappa shape index (κ1) is 24.1. The van der Waals surface area contributed by atoms with Crippen LogP contribution in [0, 0.1) is 0 Å². The van der Waals surface area contributed by atoms with Crippen LogP contribution in [0.25, 0.3) is 71.5 Å². The lowest BCUT2D eigenvalue weighted by Gasteiger charge is -2.13. The molecule has 3 heteroatoms. The van der Waals surface area contributed by atoms with Gasteiger partial charge in [-0.05, 0) is 34.7 Å². The van der Waals surface area contributed by atoms with Crippen LogP contribution in [0.2, 0.25) is 0 Å². The number of benzene rings is 6. The van der Waals surface area contributed by atoms with Crippen molar-refractivity contribution in [3.8, 4) is 22.4 Å². The normalized spacial score (nSPS) is 13.1. The van der Waals surface area contributed by atoms with E-state index in [0.29, 0.717) is 0 Å². The molecule has 2 heterocycles. The molecule has 0 saturated carbocycles. The minimum atomic E-state index is 0.849. The van der Waals surface area contributed by atoms with Crippen LogP contribution in [-0.2, 0) is 6.42 Å². The average molecular weight is 551 g/mol. The van der Waals surface area contributed by atoms with Gasteiger partial charge in [0, 0.05) is 38.4 Å². The van der Waals surface area contributed by atoms with E-state index in [1.54, 1.807) is 0 Å². The maximum absolute atomic E-state index is 6.81. The first-order valence-corrected chi connectivity index (χ1v) is 14.8. The van der Waals surface area contributed by atoms with Gasteiger partial charge < -0.3 is 4.42 Å². The van der Waals surface area contributed by atoms with E-state index in [1.165, 1.54) is 32.9 Å². The third-order valence-corrected chi connectivity index (χ3v) is 8.81. The molecule has 2 aromatic heterocycles. The van der Waals surface area contributed by atoms with Crippen molar-refractivity contribution >= 4 is 49.1 Å². The number of hydrogen-bond donors (Lipinski definition) is 0. The summed E-state index contributed by atoms with van der Waals surface area (Å²) in [5.41, 5.74) is 10.5. The van der Waals surface area contributed by atoms with Crippen LogP contribution in [-0.4, -0.2) is 9.97 Å². The van der Waals surface area contributed by atoms with Gasteiger partial charge >= 0.3 is 0 Å². The lowest BCUT2D eigenvalue weighted by Crippen LogP contribution is -1.97. The lowest BCUT2D eigenvalue weighted by atomic mass is 9.90. The van der Waals surface area contributed by atoms with Crippen LogP contribution in [0.1, 0.15) is 23.3 Å². The molecule has 0 atom stereocenters. The predicted octanol–water partition coefficient (Wildman–Crippen LogP) is 10.4. The van der Waals surface area contributed by atoms with Gasteiger partial charge in [0.05, 0.1) is 22.9 Å². The largest absolute Gasteiger partial charge is 0.455 e. The van der Waals surface area contributed by atoms with Gasteiger partial charge in [-0.15, -0.1) is 0 Å². The van der Waals surface area contributed by atoms with Crippen LogP contribution >= 0.6 is 0 Å². The number of fused-ring (bicyclic) bond motifs is 9. The molecule has 0 aliphatic heterocycles. The summed E-state index contributed by atoms with van der Waals surface area (Å²) < 4.78 is 6.81. The second kappa shape index (κ2) is 9.50. The highest BCUT2D eigenvalue weighted by Crippen LogP contribution is 2.43. The van der Waals surface area contributed by atoms with Gasteiger partial charge in [0.25, 0.3) is 0 Å². The quantitative estimate of drug-likeness (QED) is 0.205. The number of aryl methyl sites for hydroxylation is 1. The Morgan fingerprint density at radius 3 is 1.95 bits per heavy atom. The molecule has 0 amide bonds. The van der Waals surface area contributed by atoms with Crippen molar-refractivity contribution in [3.63, 3.8) is 0 Å². The molecule has 0 bridgehead atoms. The molecule has 0 unspecified atom stereocenters. The molecule has 0 saturated heterocycles. The zero-order valence-electron chi connectivity index (χ0n) is 23.4. The number of rotatable bonds is 3. The molecular weight excluding hydrogens is 524 g/mol. The second-order valence-electron chi connectivity index (χ2n) is 11.2. The lowest BCUT2D eigenvalue weighted by molar-refractivity contribution is 0.592. The van der Waals surface area contributed by atoms with Gasteiger partial charge in [0.2, 0.25) is 0 Å². The Labute approximate surface area is 248 Å². The SMILES string of the molecule is C1=C(c2ccccc2)c2oc3c(-c4ccccc4-c4cnc5c6ccccc6c6ccccc6c5n4)cccc3c2CC1. The molecule has 43 heavy (non-hydrogen) atoms. The molecule has 3 nitrogen and oxygen atoms in total. The molecule has 202 valence electrons. The Hall–Kier alpha value is -5.54. The van der Waals surface area contributed by atoms with Crippen molar-refractivity contribution in [2.75, 3.05) is 0 Å². The highest BCUT2D eigenvalue weighted by atomic mass is 16.3. The Balaban J connectivity index is 1.26. The van der Waals surface area contributed by atoms with E-state index in [4.69, 9.17) is 14.4 Å². The van der Waals surface area contributed by atoms with Gasteiger partial charge in [-0.25, -0.2) is 4.98 Å². The molecule has 1 aliphatic carbocycles. The summed E-state index contributed by atoms with van der Waals surface area (Å²) >= 11 is 0. The van der Waals surface area contributed by atoms with E-state index in [0.717, 1.165) is 68.4 Å². The summed E-state index contributed by atoms with van der Waals surface area (Å²) in [4.78, 5) is 10.3. The Morgan fingerprint density at radius 2 is 1.16 bits per heavy atom.